The number of halogens is 1. The van der Waals surface area contributed by atoms with E-state index >= 15 is 0 Å². The van der Waals surface area contributed by atoms with E-state index in [1.54, 1.807) is 12.1 Å². The molecule has 2 rings (SSSR count). The summed E-state index contributed by atoms with van der Waals surface area (Å²) in [7, 11) is 0. The van der Waals surface area contributed by atoms with Gasteiger partial charge in [-0.25, -0.2) is 0 Å². The van der Waals surface area contributed by atoms with Gasteiger partial charge in [-0.05, 0) is 38.0 Å². The first-order chi connectivity index (χ1) is 11.0. The molecule has 0 saturated carbocycles. The molecule has 3 nitrogen and oxygen atoms in total. The van der Waals surface area contributed by atoms with Gasteiger partial charge in [0.25, 0.3) is 5.91 Å². The van der Waals surface area contributed by atoms with E-state index in [2.05, 4.69) is 5.32 Å². The number of hydrogen-bond donors (Lipinski definition) is 1. The first-order valence-electron chi connectivity index (χ1n) is 7.79. The van der Waals surface area contributed by atoms with Crippen molar-refractivity contribution in [3.63, 3.8) is 0 Å². The van der Waals surface area contributed by atoms with Crippen LogP contribution in [0.1, 0.15) is 37.4 Å². The lowest BCUT2D eigenvalue weighted by Gasteiger charge is -2.21. The maximum absolute atomic E-state index is 12.5. The molecule has 0 fully saturated rings. The number of nitrogens with one attached hydrogen (secondary N) is 1. The fraction of sp³-hybridized carbons (Fsp3) is 0.316. The summed E-state index contributed by atoms with van der Waals surface area (Å²) in [6.45, 7) is 5.92. The summed E-state index contributed by atoms with van der Waals surface area (Å²) in [4.78, 5) is 12.5. The first-order valence-corrected chi connectivity index (χ1v) is 8.17. The highest BCUT2D eigenvalue weighted by molar-refractivity contribution is 6.32. The molecule has 0 aliphatic rings. The minimum Gasteiger partial charge on any atom is -0.479 e. The lowest BCUT2D eigenvalue weighted by Crippen LogP contribution is -2.39. The van der Waals surface area contributed by atoms with Crippen molar-refractivity contribution in [2.75, 3.05) is 0 Å². The normalized spacial score (nSPS) is 13.2. The van der Waals surface area contributed by atoms with E-state index in [1.807, 2.05) is 57.2 Å². The van der Waals surface area contributed by atoms with Gasteiger partial charge in [0.2, 0.25) is 0 Å². The molecule has 2 aromatic carbocycles. The van der Waals surface area contributed by atoms with Crippen molar-refractivity contribution in [1.82, 2.24) is 5.32 Å². The van der Waals surface area contributed by atoms with E-state index < -0.39 is 6.10 Å². The van der Waals surface area contributed by atoms with Crippen LogP contribution in [0.25, 0.3) is 0 Å². The average molecular weight is 332 g/mol. The van der Waals surface area contributed by atoms with Crippen molar-refractivity contribution in [1.29, 1.82) is 0 Å². The van der Waals surface area contributed by atoms with Gasteiger partial charge in [-0.3, -0.25) is 4.79 Å². The molecule has 0 aliphatic heterocycles. The maximum Gasteiger partial charge on any atom is 0.261 e. The Kier molecular flexibility index (Phi) is 6.05. The minimum atomic E-state index is -0.567. The standard InChI is InChI=1S/C19H22ClNO2/c1-4-17(23-18-8-6-5-7-16(18)20)19(22)21-14(3)15-11-9-13(2)10-12-15/h5-12,14,17H,4H2,1-3H3,(H,21,22)/t14-,17-/m0/s1. The molecule has 1 amide bonds. The van der Waals surface area contributed by atoms with Gasteiger partial charge in [-0.2, -0.15) is 0 Å². The third-order valence-electron chi connectivity index (χ3n) is 3.71. The highest BCUT2D eigenvalue weighted by Crippen LogP contribution is 2.25. The predicted molar refractivity (Wildman–Crippen MR) is 93.9 cm³/mol. The number of amides is 1. The quantitative estimate of drug-likeness (QED) is 0.834. The molecule has 0 bridgehead atoms. The van der Waals surface area contributed by atoms with Gasteiger partial charge >= 0.3 is 0 Å². The first kappa shape index (κ1) is 17.4. The SMILES string of the molecule is CC[C@H](Oc1ccccc1Cl)C(=O)N[C@@H](C)c1ccc(C)cc1. The third-order valence-corrected chi connectivity index (χ3v) is 4.02. The largest absolute Gasteiger partial charge is 0.479 e. The Morgan fingerprint density at radius 2 is 1.83 bits per heavy atom. The van der Waals surface area contributed by atoms with Crippen LogP contribution in [0.3, 0.4) is 0 Å². The molecular formula is C19H22ClNO2. The van der Waals surface area contributed by atoms with Crippen LogP contribution in [0.5, 0.6) is 5.75 Å². The number of hydrogen-bond acceptors (Lipinski definition) is 2. The van der Waals surface area contributed by atoms with Gasteiger partial charge < -0.3 is 10.1 Å². The summed E-state index contributed by atoms with van der Waals surface area (Å²) in [6, 6.07) is 15.2. The molecule has 0 heterocycles. The monoisotopic (exact) mass is 331 g/mol. The van der Waals surface area contributed by atoms with Crippen LogP contribution in [0.15, 0.2) is 48.5 Å². The van der Waals surface area contributed by atoms with Crippen molar-refractivity contribution in [3.8, 4) is 5.75 Å². The average Bonchev–Trinajstić information content (AvgIpc) is 2.54. The van der Waals surface area contributed by atoms with E-state index in [9.17, 15) is 4.79 Å². The summed E-state index contributed by atoms with van der Waals surface area (Å²) in [5.74, 6) is 0.389. The topological polar surface area (TPSA) is 38.3 Å². The smallest absolute Gasteiger partial charge is 0.261 e. The van der Waals surface area contributed by atoms with Gasteiger partial charge in [0.15, 0.2) is 6.10 Å². The zero-order valence-corrected chi connectivity index (χ0v) is 14.4. The number of rotatable bonds is 6. The minimum absolute atomic E-state index is 0.0769. The zero-order valence-electron chi connectivity index (χ0n) is 13.7. The Balaban J connectivity index is 2.02. The van der Waals surface area contributed by atoms with Crippen molar-refractivity contribution in [2.45, 2.75) is 39.3 Å². The van der Waals surface area contributed by atoms with Gasteiger partial charge in [-0.15, -0.1) is 0 Å². The second-order valence-corrected chi connectivity index (χ2v) is 5.99. The number of para-hydroxylation sites is 1. The second-order valence-electron chi connectivity index (χ2n) is 5.59. The Morgan fingerprint density at radius 1 is 1.17 bits per heavy atom. The van der Waals surface area contributed by atoms with Gasteiger partial charge in [0, 0.05) is 0 Å². The Hall–Kier alpha value is -2.00. The molecule has 2 aromatic rings. The van der Waals surface area contributed by atoms with E-state index in [0.29, 0.717) is 17.2 Å². The Bertz CT molecular complexity index is 655. The van der Waals surface area contributed by atoms with Crippen LogP contribution >= 0.6 is 11.6 Å². The summed E-state index contributed by atoms with van der Waals surface area (Å²) >= 11 is 6.09. The molecular weight excluding hydrogens is 310 g/mol. The summed E-state index contributed by atoms with van der Waals surface area (Å²) in [5, 5.41) is 3.50. The molecule has 0 radical (unpaired) electrons. The van der Waals surface area contributed by atoms with Crippen LogP contribution in [0.4, 0.5) is 0 Å². The lowest BCUT2D eigenvalue weighted by atomic mass is 10.1. The van der Waals surface area contributed by atoms with Crippen LogP contribution in [0, 0.1) is 6.92 Å². The molecule has 23 heavy (non-hydrogen) atoms. The summed E-state index contributed by atoms with van der Waals surface area (Å²) < 4.78 is 5.77. The Labute approximate surface area is 142 Å². The molecule has 0 unspecified atom stereocenters. The van der Waals surface area contributed by atoms with E-state index in [-0.39, 0.29) is 11.9 Å². The van der Waals surface area contributed by atoms with Gasteiger partial charge in [-0.1, -0.05) is 60.5 Å². The van der Waals surface area contributed by atoms with E-state index in [1.165, 1.54) is 5.56 Å². The van der Waals surface area contributed by atoms with Crippen molar-refractivity contribution in [2.24, 2.45) is 0 Å². The van der Waals surface area contributed by atoms with Crippen molar-refractivity contribution in [3.05, 3.63) is 64.7 Å². The lowest BCUT2D eigenvalue weighted by molar-refractivity contribution is -0.128. The predicted octanol–water partition coefficient (Wildman–Crippen LogP) is 4.68. The fourth-order valence-electron chi connectivity index (χ4n) is 2.26. The summed E-state index contributed by atoms with van der Waals surface area (Å²) in [5.41, 5.74) is 2.26. The summed E-state index contributed by atoms with van der Waals surface area (Å²) in [6.07, 6.45) is 0.000284. The van der Waals surface area contributed by atoms with Crippen LogP contribution in [-0.4, -0.2) is 12.0 Å². The molecule has 0 aliphatic carbocycles. The number of ether oxygens (including phenoxy) is 1. The van der Waals surface area contributed by atoms with Crippen molar-refractivity contribution >= 4 is 17.5 Å². The van der Waals surface area contributed by atoms with E-state index in [0.717, 1.165) is 5.56 Å². The molecule has 1 N–H and O–H groups in total. The number of carbonyl (C=O) groups excluding carboxylic acids is 1. The number of benzene rings is 2. The van der Waals surface area contributed by atoms with Crippen LogP contribution in [-0.2, 0) is 4.79 Å². The third kappa shape index (κ3) is 4.73. The fourth-order valence-corrected chi connectivity index (χ4v) is 2.44. The highest BCUT2D eigenvalue weighted by Gasteiger charge is 2.21. The van der Waals surface area contributed by atoms with E-state index in [4.69, 9.17) is 16.3 Å². The van der Waals surface area contributed by atoms with Gasteiger partial charge in [0.05, 0.1) is 11.1 Å². The molecule has 0 spiro atoms. The molecule has 0 saturated heterocycles. The second kappa shape index (κ2) is 8.02. The number of carbonyl (C=O) groups is 1. The van der Waals surface area contributed by atoms with Crippen LogP contribution < -0.4 is 10.1 Å². The number of aryl methyl sites for hydroxylation is 1. The molecule has 122 valence electrons. The zero-order chi connectivity index (χ0) is 16.8. The maximum atomic E-state index is 12.5. The van der Waals surface area contributed by atoms with Gasteiger partial charge in [0.1, 0.15) is 5.75 Å². The highest BCUT2D eigenvalue weighted by atomic mass is 35.5. The van der Waals surface area contributed by atoms with Crippen LogP contribution in [0.2, 0.25) is 5.02 Å². The molecule has 4 heteroatoms. The van der Waals surface area contributed by atoms with Crippen molar-refractivity contribution < 1.29 is 9.53 Å². The molecule has 0 aromatic heterocycles. The Morgan fingerprint density at radius 3 is 2.43 bits per heavy atom. The molecule has 2 atom stereocenters.